The van der Waals surface area contributed by atoms with Crippen LogP contribution in [0.25, 0.3) is 0 Å². The van der Waals surface area contributed by atoms with Gasteiger partial charge in [0.15, 0.2) is 5.96 Å². The van der Waals surface area contributed by atoms with Crippen molar-refractivity contribution in [2.75, 3.05) is 18.0 Å². The average Bonchev–Trinajstić information content (AvgIpc) is 3.00. The van der Waals surface area contributed by atoms with Crippen molar-refractivity contribution in [2.24, 2.45) is 16.5 Å². The fourth-order valence-electron chi connectivity index (χ4n) is 4.00. The van der Waals surface area contributed by atoms with E-state index < -0.39 is 48.9 Å². The first kappa shape index (κ1) is 30.7. The number of amides is 2. The number of carbonyl (C=O) groups excluding carboxylic acids is 4. The Hall–Kier alpha value is -4.86. The molecule has 1 aliphatic heterocycles. The lowest BCUT2D eigenvalue weighted by Gasteiger charge is -2.27. The first-order chi connectivity index (χ1) is 19.4. The van der Waals surface area contributed by atoms with Gasteiger partial charge in [0.1, 0.15) is 6.54 Å². The van der Waals surface area contributed by atoms with Gasteiger partial charge in [-0.05, 0) is 37.1 Å². The number of esters is 2. The van der Waals surface area contributed by atoms with Crippen LogP contribution < -0.4 is 16.4 Å². The van der Waals surface area contributed by atoms with Crippen LogP contribution >= 0.6 is 0 Å². The molecule has 41 heavy (non-hydrogen) atoms. The van der Waals surface area contributed by atoms with Gasteiger partial charge in [-0.15, -0.1) is 0 Å². The summed E-state index contributed by atoms with van der Waals surface area (Å²) in [5, 5.41) is 0. The van der Waals surface area contributed by atoms with E-state index in [2.05, 4.69) is 21.6 Å². The van der Waals surface area contributed by atoms with Crippen molar-refractivity contribution in [3.8, 4) is 11.8 Å². The zero-order valence-electron chi connectivity index (χ0n) is 22.1. The lowest BCUT2D eigenvalue weighted by atomic mass is 10.0. The summed E-state index contributed by atoms with van der Waals surface area (Å²) in [6, 6.07) is 12.8. The molecule has 10 nitrogen and oxygen atoms in total. The Morgan fingerprint density at radius 2 is 1.83 bits per heavy atom. The van der Waals surface area contributed by atoms with E-state index in [1.807, 2.05) is 18.2 Å². The van der Waals surface area contributed by atoms with Gasteiger partial charge in [-0.3, -0.25) is 19.4 Å². The van der Waals surface area contributed by atoms with Gasteiger partial charge in [-0.25, -0.2) is 4.79 Å². The zero-order valence-corrected chi connectivity index (χ0v) is 22.1. The highest BCUT2D eigenvalue weighted by molar-refractivity contribution is 6.10. The second-order valence-corrected chi connectivity index (χ2v) is 9.15. The van der Waals surface area contributed by atoms with Crippen LogP contribution in [0.1, 0.15) is 47.7 Å². The van der Waals surface area contributed by atoms with Gasteiger partial charge >= 0.3 is 18.1 Å². The van der Waals surface area contributed by atoms with Crippen LogP contribution in [0.2, 0.25) is 0 Å². The number of hydrogen-bond donors (Lipinski definition) is 2. The third-order valence-electron chi connectivity index (χ3n) is 5.99. The van der Waals surface area contributed by atoms with E-state index in [-0.39, 0.29) is 18.1 Å². The molecular weight excluding hydrogens is 543 g/mol. The maximum atomic E-state index is 13.7. The summed E-state index contributed by atoms with van der Waals surface area (Å²) in [5.74, 6) is 0.656. The van der Waals surface area contributed by atoms with Gasteiger partial charge < -0.3 is 26.0 Å². The number of ether oxygens (including phenoxy) is 1. The highest BCUT2D eigenvalue weighted by Crippen LogP contribution is 2.30. The maximum Gasteiger partial charge on any atom is 0.491 e. The highest BCUT2D eigenvalue weighted by Gasteiger charge is 2.43. The second-order valence-electron chi connectivity index (χ2n) is 9.15. The van der Waals surface area contributed by atoms with E-state index in [1.54, 1.807) is 24.3 Å². The number of hydrogen-bond acceptors (Lipinski definition) is 6. The van der Waals surface area contributed by atoms with Gasteiger partial charge in [0.05, 0.1) is 24.2 Å². The zero-order chi connectivity index (χ0) is 30.2. The monoisotopic (exact) mass is 571 g/mol. The lowest BCUT2D eigenvalue weighted by Crippen LogP contribution is -2.44. The van der Waals surface area contributed by atoms with E-state index in [4.69, 9.17) is 11.5 Å². The molecule has 0 aromatic heterocycles. The average molecular weight is 572 g/mol. The van der Waals surface area contributed by atoms with Crippen molar-refractivity contribution < 1.29 is 37.1 Å². The molecule has 0 aliphatic carbocycles. The smallest absolute Gasteiger partial charge is 0.386 e. The Bertz CT molecular complexity index is 1400. The van der Waals surface area contributed by atoms with Crippen molar-refractivity contribution in [2.45, 2.75) is 44.9 Å². The Morgan fingerprint density at radius 1 is 1.12 bits per heavy atom. The molecule has 0 bridgehead atoms. The predicted molar refractivity (Wildman–Crippen MR) is 143 cm³/mol. The molecular formula is C28H28F3N5O5. The van der Waals surface area contributed by atoms with Crippen LogP contribution in [0.15, 0.2) is 53.5 Å². The number of anilines is 1. The molecule has 0 spiro atoms. The van der Waals surface area contributed by atoms with E-state index in [1.165, 1.54) is 17.9 Å². The molecule has 1 heterocycles. The number of nitrogens with two attached hydrogens (primary N) is 2. The number of halogens is 3. The minimum absolute atomic E-state index is 0.0178. The highest BCUT2D eigenvalue weighted by atomic mass is 19.4. The standard InChI is InChI=1S/C28H28F3N5O5/c1-18(14-24(38)41-26(40)28(29,30)31)35-17-23(37)36(16-20-9-4-2-5-10-20)22-12-11-19(15-21(22)25(35)39)8-6-3-7-13-34-27(32)33/h2,4-5,9-12,15,18H,3,7,13-14,16-17H2,1H3,(H4,32,33,34). The van der Waals surface area contributed by atoms with Crippen LogP contribution in [-0.4, -0.2) is 59.9 Å². The Kier molecular flexibility index (Phi) is 10.1. The molecule has 0 saturated heterocycles. The molecule has 0 fully saturated rings. The normalized spacial score (nSPS) is 13.9. The number of aliphatic imine (C=N–C) groups is 1. The van der Waals surface area contributed by atoms with E-state index in [0.717, 1.165) is 10.5 Å². The van der Waals surface area contributed by atoms with Gasteiger partial charge in [0.2, 0.25) is 5.91 Å². The SMILES string of the molecule is CC(CC(=O)OC(=O)C(F)(F)F)N1CC(=O)N(Cc2ccccc2)c2ccc(C#CCCCN=C(N)N)cc2C1=O. The fraction of sp³-hybridized carbons (Fsp3) is 0.321. The summed E-state index contributed by atoms with van der Waals surface area (Å²) in [6.45, 7) is 1.45. The first-order valence-corrected chi connectivity index (χ1v) is 12.5. The van der Waals surface area contributed by atoms with Gasteiger partial charge in [0.25, 0.3) is 5.91 Å². The minimum atomic E-state index is -5.35. The van der Waals surface area contributed by atoms with Crippen molar-refractivity contribution in [3.05, 3.63) is 65.2 Å². The molecule has 0 saturated carbocycles. The van der Waals surface area contributed by atoms with Crippen LogP contribution in [0.5, 0.6) is 0 Å². The molecule has 2 aromatic rings. The molecule has 4 N–H and O–H groups in total. The van der Waals surface area contributed by atoms with Gasteiger partial charge in [-0.1, -0.05) is 42.2 Å². The number of alkyl halides is 3. The number of guanidine groups is 1. The number of benzene rings is 2. The summed E-state index contributed by atoms with van der Waals surface area (Å²) in [7, 11) is 0. The van der Waals surface area contributed by atoms with Crippen LogP contribution in [0.4, 0.5) is 18.9 Å². The summed E-state index contributed by atoms with van der Waals surface area (Å²) < 4.78 is 41.4. The number of fused-ring (bicyclic) bond motifs is 1. The molecule has 3 rings (SSSR count). The van der Waals surface area contributed by atoms with E-state index in [9.17, 15) is 32.3 Å². The van der Waals surface area contributed by atoms with E-state index in [0.29, 0.717) is 30.6 Å². The second kappa shape index (κ2) is 13.5. The topological polar surface area (TPSA) is 148 Å². The summed E-state index contributed by atoms with van der Waals surface area (Å²) >= 11 is 0. The Labute approximate surface area is 234 Å². The van der Waals surface area contributed by atoms with Crippen LogP contribution in [0, 0.1) is 11.8 Å². The van der Waals surface area contributed by atoms with E-state index >= 15 is 0 Å². The Morgan fingerprint density at radius 3 is 2.49 bits per heavy atom. The predicted octanol–water partition coefficient (Wildman–Crippen LogP) is 2.49. The molecule has 0 radical (unpaired) electrons. The first-order valence-electron chi connectivity index (χ1n) is 12.5. The molecule has 1 unspecified atom stereocenters. The summed E-state index contributed by atoms with van der Waals surface area (Å²) in [6.07, 6.45) is -5.02. The van der Waals surface area contributed by atoms with Crippen LogP contribution in [0.3, 0.4) is 0 Å². The summed E-state index contributed by atoms with van der Waals surface area (Å²) in [5.41, 5.74) is 12.3. The molecule has 1 aliphatic rings. The fourth-order valence-corrected chi connectivity index (χ4v) is 4.00. The van der Waals surface area contributed by atoms with Crippen molar-refractivity contribution in [3.63, 3.8) is 0 Å². The number of carbonyl (C=O) groups is 4. The molecule has 2 aromatic carbocycles. The largest absolute Gasteiger partial charge is 0.491 e. The number of rotatable bonds is 8. The third-order valence-corrected chi connectivity index (χ3v) is 5.99. The molecule has 2 amide bonds. The lowest BCUT2D eigenvalue weighted by molar-refractivity contribution is -0.202. The summed E-state index contributed by atoms with van der Waals surface area (Å²) in [4.78, 5) is 56.5. The number of unbranched alkanes of at least 4 members (excludes halogenated alkanes) is 1. The van der Waals surface area contributed by atoms with Gasteiger partial charge in [-0.2, -0.15) is 13.2 Å². The quantitative estimate of drug-likeness (QED) is 0.124. The molecule has 216 valence electrons. The van der Waals surface area contributed by atoms with Crippen LogP contribution in [-0.2, 0) is 25.7 Å². The number of nitrogens with zero attached hydrogens (tertiary/aromatic N) is 3. The maximum absolute atomic E-state index is 13.7. The van der Waals surface area contributed by atoms with Crippen molar-refractivity contribution in [1.82, 2.24) is 4.90 Å². The van der Waals surface area contributed by atoms with Crippen molar-refractivity contribution in [1.29, 1.82) is 0 Å². The Balaban J connectivity index is 1.90. The minimum Gasteiger partial charge on any atom is -0.386 e. The van der Waals surface area contributed by atoms with Crippen molar-refractivity contribution >= 4 is 35.4 Å². The molecule has 1 atom stereocenters. The third kappa shape index (κ3) is 8.56. The van der Waals surface area contributed by atoms with Gasteiger partial charge in [0, 0.05) is 24.6 Å². The molecule has 13 heteroatoms.